The zero-order chi connectivity index (χ0) is 61.4. The van der Waals surface area contributed by atoms with Crippen LogP contribution in [0.1, 0.15) is 141 Å². The van der Waals surface area contributed by atoms with Gasteiger partial charge in [0.15, 0.2) is 29.6 Å². The summed E-state index contributed by atoms with van der Waals surface area (Å²) < 4.78 is 72.3. The highest BCUT2D eigenvalue weighted by Crippen LogP contribution is 2.71. The number of nitrogens with one attached hydrogen (secondary N) is 1. The molecule has 0 aromatic carbocycles. The van der Waals surface area contributed by atoms with Crippen molar-refractivity contribution >= 4 is 17.7 Å². The Balaban J connectivity index is 1.16. The predicted molar refractivity (Wildman–Crippen MR) is 299 cm³/mol. The van der Waals surface area contributed by atoms with Crippen LogP contribution in [0.25, 0.3) is 0 Å². The average molecular weight is 1170 g/mol. The van der Waals surface area contributed by atoms with Gasteiger partial charge in [-0.2, -0.15) is 0 Å². The molecule has 470 valence electrons. The summed E-state index contributed by atoms with van der Waals surface area (Å²) in [4.78, 5) is 45.5. The summed E-state index contributed by atoms with van der Waals surface area (Å²) in [5.41, 5.74) is -12.4. The van der Waals surface area contributed by atoms with Crippen molar-refractivity contribution in [2.45, 2.75) is 255 Å². The molecule has 3 aliphatic heterocycles. The van der Waals surface area contributed by atoms with E-state index in [1.165, 1.54) is 33.1 Å². The first-order chi connectivity index (χ1) is 37.9. The first-order valence-electron chi connectivity index (χ1n) is 30.1. The number of hydrogen-bond acceptors (Lipinski definition) is 18. The Morgan fingerprint density at radius 2 is 1.55 bits per heavy atom. The number of fused-ring (bicyclic) bond motifs is 5. The fourth-order valence-corrected chi connectivity index (χ4v) is 16.5. The molecule has 0 spiro atoms. The van der Waals surface area contributed by atoms with E-state index in [2.05, 4.69) is 5.32 Å². The summed E-state index contributed by atoms with van der Waals surface area (Å²) >= 11 is 0. The van der Waals surface area contributed by atoms with Gasteiger partial charge >= 0.3 is 5.97 Å². The lowest BCUT2D eigenvalue weighted by Gasteiger charge is -2.63. The summed E-state index contributed by atoms with van der Waals surface area (Å²) in [6, 6.07) is -1.21. The van der Waals surface area contributed by atoms with Crippen molar-refractivity contribution in [1.82, 2.24) is 15.1 Å². The highest BCUT2D eigenvalue weighted by molar-refractivity contribution is 6.01. The molecule has 3 saturated carbocycles. The molecule has 21 heteroatoms. The number of cyclic esters (lactones) is 1. The Labute approximate surface area is 484 Å². The van der Waals surface area contributed by atoms with E-state index in [1.54, 1.807) is 62.3 Å². The third kappa shape index (κ3) is 11.7. The lowest BCUT2D eigenvalue weighted by atomic mass is 9.44. The van der Waals surface area contributed by atoms with Crippen molar-refractivity contribution in [3.63, 3.8) is 0 Å². The van der Waals surface area contributed by atoms with E-state index >= 15 is 8.78 Å². The third-order valence-corrected chi connectivity index (χ3v) is 21.5. The number of methoxy groups -OCH3 is 1. The van der Waals surface area contributed by atoms with E-state index in [0.29, 0.717) is 6.42 Å². The van der Waals surface area contributed by atoms with Gasteiger partial charge < -0.3 is 74.4 Å². The fourth-order valence-electron chi connectivity index (χ4n) is 16.5. The van der Waals surface area contributed by atoms with Gasteiger partial charge in [0.2, 0.25) is 0 Å². The smallest absolute Gasteiger partial charge is 0.311 e. The van der Waals surface area contributed by atoms with Gasteiger partial charge in [-0.15, -0.1) is 0 Å². The largest absolute Gasteiger partial charge is 0.459 e. The van der Waals surface area contributed by atoms with Crippen molar-refractivity contribution in [3.8, 4) is 0 Å². The number of aliphatic hydroxyl groups excluding tert-OH is 4. The number of halogens is 2. The summed E-state index contributed by atoms with van der Waals surface area (Å²) in [5, 5.41) is 88.3. The highest BCUT2D eigenvalue weighted by Gasteiger charge is 2.77. The molecule has 7 aliphatic rings. The van der Waals surface area contributed by atoms with Crippen molar-refractivity contribution in [2.75, 3.05) is 40.8 Å². The molecular weight excluding hydrogens is 1070 g/mol. The number of hydrogen-bond donors (Lipinski definition) is 8. The SMILES string of the molecule is CC[C@H]1OC(=O)[C@H](C)[C@@H](O[C@@H]2C[C@](C)(OC)[C@H](O)C(C)O2)[C@H](C)[C@@H](O[C@@H]2O[C@H](C)C[C@@H](N(C)C)[C@H]2O)[C@](C)(O)C[C@@H](C)CN(CCCNC(=O)[C@@]2(O)[C@H](C)CC3C4C[C@H](F)C5=CC(=O)C=C[C@]5(C)[C@@]4(F)[C@@H](O)C[C@@]32C)[C@H](C)[C@@H](O)[C@]1(C)O. The first-order valence-corrected chi connectivity index (χ1v) is 30.1. The highest BCUT2D eigenvalue weighted by atomic mass is 19.1. The summed E-state index contributed by atoms with van der Waals surface area (Å²) in [6.07, 6.45) is -9.95. The Kier molecular flexibility index (Phi) is 20.0. The topological polar surface area (TPSA) is 267 Å². The van der Waals surface area contributed by atoms with Crippen LogP contribution >= 0.6 is 0 Å². The van der Waals surface area contributed by atoms with Crippen LogP contribution in [0.2, 0.25) is 0 Å². The molecule has 3 heterocycles. The lowest BCUT2D eigenvalue weighted by Crippen LogP contribution is -2.71. The van der Waals surface area contributed by atoms with E-state index in [-0.39, 0.29) is 82.3 Å². The van der Waals surface area contributed by atoms with E-state index in [4.69, 9.17) is 28.4 Å². The monoisotopic (exact) mass is 1170 g/mol. The van der Waals surface area contributed by atoms with E-state index < -0.39 is 166 Å². The van der Waals surface area contributed by atoms with Crippen molar-refractivity contribution in [1.29, 1.82) is 0 Å². The van der Waals surface area contributed by atoms with Crippen molar-refractivity contribution < 1.29 is 87.3 Å². The molecule has 27 atom stereocenters. The molecular formula is C61H101F2N3O16. The molecule has 82 heavy (non-hydrogen) atoms. The molecule has 1 amide bonds. The molecule has 8 N–H and O–H groups in total. The molecule has 6 fully saturated rings. The fraction of sp³-hybridized carbons (Fsp3) is 0.885. The first kappa shape index (κ1) is 66.9. The number of esters is 1. The van der Waals surface area contributed by atoms with Crippen LogP contribution in [0.5, 0.6) is 0 Å². The van der Waals surface area contributed by atoms with Gasteiger partial charge in [-0.1, -0.05) is 40.7 Å². The molecule has 4 aliphatic carbocycles. The Hall–Kier alpha value is -2.61. The van der Waals surface area contributed by atoms with Crippen LogP contribution < -0.4 is 5.32 Å². The minimum atomic E-state index is -2.39. The van der Waals surface area contributed by atoms with Crippen LogP contribution in [-0.2, 0) is 42.8 Å². The second-order valence-electron chi connectivity index (χ2n) is 27.6. The number of allylic oxidation sites excluding steroid dienone is 4. The summed E-state index contributed by atoms with van der Waals surface area (Å²) in [5.74, 6) is -6.92. The zero-order valence-corrected chi connectivity index (χ0v) is 51.5. The summed E-state index contributed by atoms with van der Waals surface area (Å²) in [6.45, 7) is 22.3. The number of carbonyl (C=O) groups excluding carboxylic acids is 3. The maximum atomic E-state index is 17.9. The molecule has 0 radical (unpaired) electrons. The van der Waals surface area contributed by atoms with Crippen LogP contribution in [0.4, 0.5) is 8.78 Å². The second-order valence-corrected chi connectivity index (χ2v) is 27.6. The minimum Gasteiger partial charge on any atom is -0.459 e. The molecule has 3 saturated heterocycles. The molecule has 19 nitrogen and oxygen atoms in total. The van der Waals surface area contributed by atoms with Crippen LogP contribution in [0, 0.1) is 46.3 Å². The standard InChI is InChI=1S/C61H101F2N3O16/c1-17-45-59(13,75)49(70)36(7)66(22-18-21-64-54(73)61(76)32(3)23-39-40-26-42(62)41-25-38(67)19-20-55(41,9)60(40,63)44(68)28-56(39,61)10)30-31(2)27-57(11,74)51(82-53-47(69)43(65(14)15)24-33(4)78-53)34(5)48(35(6)52(72)80-45)81-46-29-58(12,77-16)50(71)37(8)79-46/h19-20,25,31-37,39-40,42-51,53,68-71,74-76H,17-18,21-24,26-30H2,1-16H3,(H,64,73)/t31-,32-,33-,34+,35-,36-,37?,39?,40?,42+,43-,44+,45-,46-,47-,48+,49-,50-,51-,53+,55+,56+,57-,58+,59-,60+,61+/m1/s1. The number of rotatable bonds is 12. The average Bonchev–Trinajstić information content (AvgIpc) is 2.67. The Morgan fingerprint density at radius 1 is 0.890 bits per heavy atom. The molecule has 0 aromatic heterocycles. The van der Waals surface area contributed by atoms with Gasteiger partial charge in [0.25, 0.3) is 5.91 Å². The van der Waals surface area contributed by atoms with Gasteiger partial charge in [0, 0.05) is 67.9 Å². The van der Waals surface area contributed by atoms with Crippen molar-refractivity contribution in [3.05, 3.63) is 23.8 Å². The number of amides is 1. The number of carbonyl (C=O) groups is 3. The number of nitrogens with zero attached hydrogens (tertiary/aromatic N) is 2. The molecule has 0 aromatic rings. The van der Waals surface area contributed by atoms with Crippen LogP contribution in [-0.4, -0.2) is 218 Å². The van der Waals surface area contributed by atoms with Gasteiger partial charge in [0.05, 0.1) is 47.6 Å². The van der Waals surface area contributed by atoms with Crippen LogP contribution in [0.15, 0.2) is 23.8 Å². The number of likely N-dealkylation sites (N-methyl/N-ethyl adjacent to an activating group) is 1. The van der Waals surface area contributed by atoms with E-state index in [9.17, 15) is 50.1 Å². The number of ether oxygens (including phenoxy) is 6. The number of aliphatic hydroxyl groups is 7. The zero-order valence-electron chi connectivity index (χ0n) is 51.5. The maximum Gasteiger partial charge on any atom is 0.311 e. The maximum absolute atomic E-state index is 17.9. The molecule has 7 rings (SSSR count). The van der Waals surface area contributed by atoms with Crippen molar-refractivity contribution in [2.24, 2.45) is 46.3 Å². The normalized spacial score (nSPS) is 50.8. The van der Waals surface area contributed by atoms with E-state index in [1.807, 2.05) is 37.7 Å². The third-order valence-electron chi connectivity index (χ3n) is 21.5. The second kappa shape index (κ2) is 24.5. The van der Waals surface area contributed by atoms with Gasteiger partial charge in [-0.3, -0.25) is 19.3 Å². The quantitative estimate of drug-likeness (QED) is 0.101. The summed E-state index contributed by atoms with van der Waals surface area (Å²) in [7, 11) is 5.17. The minimum absolute atomic E-state index is 0.0109. The Bertz CT molecular complexity index is 2350. The van der Waals surface area contributed by atoms with Gasteiger partial charge in [-0.25, -0.2) is 8.78 Å². The predicted octanol–water partition coefficient (Wildman–Crippen LogP) is 4.07. The van der Waals surface area contributed by atoms with Crippen LogP contribution in [0.3, 0.4) is 0 Å². The Morgan fingerprint density at radius 3 is 2.17 bits per heavy atom. The molecule has 0 bridgehead atoms. The van der Waals surface area contributed by atoms with Gasteiger partial charge in [0.1, 0.15) is 36.2 Å². The molecule has 3 unspecified atom stereocenters. The van der Waals surface area contributed by atoms with E-state index in [0.717, 1.165) is 6.08 Å². The number of ketones is 1. The van der Waals surface area contributed by atoms with Gasteiger partial charge in [-0.05, 0) is 150 Å². The lowest BCUT2D eigenvalue weighted by molar-refractivity contribution is -0.318. The number of alkyl halides is 2.